The highest BCUT2D eigenvalue weighted by Gasteiger charge is 2.22. The Bertz CT molecular complexity index is 1490. The van der Waals surface area contributed by atoms with Crippen LogP contribution in [-0.2, 0) is 21.2 Å². The van der Waals surface area contributed by atoms with E-state index in [4.69, 9.17) is 0 Å². The van der Waals surface area contributed by atoms with Gasteiger partial charge in [0, 0.05) is 49.1 Å². The molecular formula is C28H28N4O3S. The Kier molecular flexibility index (Phi) is 6.61. The van der Waals surface area contributed by atoms with Crippen LogP contribution in [0.2, 0.25) is 0 Å². The molecule has 0 radical (unpaired) electrons. The van der Waals surface area contributed by atoms with Crippen LogP contribution < -0.4 is 9.62 Å². The number of anilines is 2. The third-order valence-corrected chi connectivity index (χ3v) is 8.02. The molecule has 1 fully saturated rings. The van der Waals surface area contributed by atoms with E-state index in [0.29, 0.717) is 30.7 Å². The average molecular weight is 501 g/mol. The lowest BCUT2D eigenvalue weighted by Crippen LogP contribution is -2.49. The van der Waals surface area contributed by atoms with Crippen LogP contribution in [0.5, 0.6) is 0 Å². The van der Waals surface area contributed by atoms with Crippen molar-refractivity contribution < 1.29 is 13.2 Å². The zero-order valence-corrected chi connectivity index (χ0v) is 20.9. The molecule has 2 heterocycles. The molecule has 1 N–H and O–H groups in total. The fourth-order valence-electron chi connectivity index (χ4n) is 4.54. The summed E-state index contributed by atoms with van der Waals surface area (Å²) in [6.07, 6.45) is 2.01. The second-order valence-electron chi connectivity index (χ2n) is 8.95. The van der Waals surface area contributed by atoms with Crippen LogP contribution in [0.4, 0.5) is 11.4 Å². The lowest BCUT2D eigenvalue weighted by Gasteiger charge is -2.36. The molecule has 8 heteroatoms. The number of fused-ring (bicyclic) bond motifs is 1. The van der Waals surface area contributed by atoms with E-state index in [9.17, 15) is 13.2 Å². The van der Waals surface area contributed by atoms with Crippen molar-refractivity contribution in [1.82, 2.24) is 9.88 Å². The summed E-state index contributed by atoms with van der Waals surface area (Å²) < 4.78 is 28.8. The number of amides is 1. The Balaban J connectivity index is 1.21. The van der Waals surface area contributed by atoms with Crippen LogP contribution in [0.1, 0.15) is 11.1 Å². The van der Waals surface area contributed by atoms with Crippen molar-refractivity contribution in [2.24, 2.45) is 0 Å². The number of pyridine rings is 1. The molecule has 1 amide bonds. The summed E-state index contributed by atoms with van der Waals surface area (Å²) in [6, 6.07) is 24.1. The average Bonchev–Trinajstić information content (AvgIpc) is 2.90. The van der Waals surface area contributed by atoms with Crippen LogP contribution in [0.25, 0.3) is 10.9 Å². The number of carbonyl (C=O) groups is 1. The number of piperazine rings is 1. The summed E-state index contributed by atoms with van der Waals surface area (Å²) >= 11 is 0. The summed E-state index contributed by atoms with van der Waals surface area (Å²) in [4.78, 5) is 21.3. The summed E-state index contributed by atoms with van der Waals surface area (Å²) in [7, 11) is -3.79. The van der Waals surface area contributed by atoms with Crippen molar-refractivity contribution >= 4 is 38.2 Å². The van der Waals surface area contributed by atoms with Crippen LogP contribution in [0.15, 0.2) is 90.0 Å². The van der Waals surface area contributed by atoms with Crippen molar-refractivity contribution in [3.05, 3.63) is 96.2 Å². The SMILES string of the molecule is Cc1ccccc1CC(=O)N1CCN(c2ccc(NS(=O)(=O)c3cccc4cccnc34)cc2)CC1. The van der Waals surface area contributed by atoms with Crippen LogP contribution in [0, 0.1) is 6.92 Å². The Labute approximate surface area is 211 Å². The summed E-state index contributed by atoms with van der Waals surface area (Å²) in [5.41, 5.74) is 4.13. The number of para-hydroxylation sites is 1. The molecule has 7 nitrogen and oxygen atoms in total. The van der Waals surface area contributed by atoms with E-state index < -0.39 is 10.0 Å². The predicted octanol–water partition coefficient (Wildman–Crippen LogP) is 4.24. The van der Waals surface area contributed by atoms with Gasteiger partial charge in [-0.2, -0.15) is 0 Å². The molecule has 1 aliphatic rings. The number of sulfonamides is 1. The number of aryl methyl sites for hydroxylation is 1. The fourth-order valence-corrected chi connectivity index (χ4v) is 5.78. The van der Waals surface area contributed by atoms with E-state index in [1.54, 1.807) is 36.5 Å². The van der Waals surface area contributed by atoms with Gasteiger partial charge >= 0.3 is 0 Å². The van der Waals surface area contributed by atoms with E-state index in [-0.39, 0.29) is 10.8 Å². The Morgan fingerprint density at radius 1 is 0.889 bits per heavy atom. The van der Waals surface area contributed by atoms with Gasteiger partial charge in [0.1, 0.15) is 4.90 Å². The monoisotopic (exact) mass is 500 g/mol. The number of nitrogens with one attached hydrogen (secondary N) is 1. The topological polar surface area (TPSA) is 82.6 Å². The molecule has 0 saturated carbocycles. The highest BCUT2D eigenvalue weighted by Crippen LogP contribution is 2.25. The van der Waals surface area contributed by atoms with Gasteiger partial charge in [0.2, 0.25) is 5.91 Å². The lowest BCUT2D eigenvalue weighted by molar-refractivity contribution is -0.130. The minimum atomic E-state index is -3.79. The van der Waals surface area contributed by atoms with Gasteiger partial charge in [-0.15, -0.1) is 0 Å². The molecule has 0 bridgehead atoms. The van der Waals surface area contributed by atoms with Gasteiger partial charge in [0.25, 0.3) is 10.0 Å². The number of carbonyl (C=O) groups excluding carboxylic acids is 1. The number of hydrogen-bond acceptors (Lipinski definition) is 5. The first-order valence-electron chi connectivity index (χ1n) is 11.9. The van der Waals surface area contributed by atoms with Crippen molar-refractivity contribution in [3.63, 3.8) is 0 Å². The van der Waals surface area contributed by atoms with Gasteiger partial charge in [-0.25, -0.2) is 8.42 Å². The quantitative estimate of drug-likeness (QED) is 0.428. The van der Waals surface area contributed by atoms with E-state index in [2.05, 4.69) is 14.6 Å². The number of nitrogens with zero attached hydrogens (tertiary/aromatic N) is 3. The highest BCUT2D eigenvalue weighted by molar-refractivity contribution is 7.93. The smallest absolute Gasteiger partial charge is 0.264 e. The molecule has 4 aromatic rings. The van der Waals surface area contributed by atoms with E-state index >= 15 is 0 Å². The van der Waals surface area contributed by atoms with Crippen molar-refractivity contribution in [1.29, 1.82) is 0 Å². The third-order valence-electron chi connectivity index (χ3n) is 6.61. The van der Waals surface area contributed by atoms with E-state index in [0.717, 1.165) is 35.3 Å². The van der Waals surface area contributed by atoms with Gasteiger partial charge in [0.05, 0.1) is 11.9 Å². The molecule has 0 unspecified atom stereocenters. The van der Waals surface area contributed by atoms with Crippen molar-refractivity contribution in [2.45, 2.75) is 18.2 Å². The molecular weight excluding hydrogens is 472 g/mol. The van der Waals surface area contributed by atoms with Gasteiger partial charge < -0.3 is 9.80 Å². The maximum Gasteiger partial charge on any atom is 0.264 e. The Morgan fingerprint density at radius 2 is 1.61 bits per heavy atom. The standard InChI is InChI=1S/C28H28N4O3S/c1-21-6-2-3-7-23(21)20-27(33)32-18-16-31(17-19-32)25-13-11-24(12-14-25)30-36(34,35)26-10-4-8-22-9-5-15-29-28(22)26/h2-15,30H,16-20H2,1H3. The summed E-state index contributed by atoms with van der Waals surface area (Å²) in [6.45, 7) is 4.81. The molecule has 0 aliphatic carbocycles. The van der Waals surface area contributed by atoms with Gasteiger partial charge in [0.15, 0.2) is 0 Å². The first-order valence-corrected chi connectivity index (χ1v) is 13.4. The molecule has 0 spiro atoms. The van der Waals surface area contributed by atoms with Crippen LogP contribution in [-0.4, -0.2) is 50.4 Å². The minimum Gasteiger partial charge on any atom is -0.368 e. The number of benzene rings is 3. The molecule has 3 aromatic carbocycles. The normalized spacial score (nSPS) is 14.1. The third kappa shape index (κ3) is 5.04. The number of rotatable bonds is 6. The molecule has 36 heavy (non-hydrogen) atoms. The molecule has 0 atom stereocenters. The maximum absolute atomic E-state index is 13.1. The minimum absolute atomic E-state index is 0.149. The molecule has 5 rings (SSSR count). The molecule has 1 saturated heterocycles. The maximum atomic E-state index is 13.1. The summed E-state index contributed by atoms with van der Waals surface area (Å²) in [5, 5.41) is 0.771. The van der Waals surface area contributed by atoms with Crippen LogP contribution in [0.3, 0.4) is 0 Å². The first kappa shape index (κ1) is 23.8. The fraction of sp³-hybridized carbons (Fsp3) is 0.214. The first-order chi connectivity index (χ1) is 17.4. The zero-order chi connectivity index (χ0) is 25.1. The summed E-state index contributed by atoms with van der Waals surface area (Å²) in [5.74, 6) is 0.150. The van der Waals surface area contributed by atoms with Gasteiger partial charge in [-0.05, 0) is 54.4 Å². The second kappa shape index (κ2) is 9.99. The largest absolute Gasteiger partial charge is 0.368 e. The van der Waals surface area contributed by atoms with E-state index in [1.807, 2.05) is 60.4 Å². The molecule has 1 aliphatic heterocycles. The lowest BCUT2D eigenvalue weighted by atomic mass is 10.1. The van der Waals surface area contributed by atoms with Crippen LogP contribution >= 0.6 is 0 Å². The van der Waals surface area contributed by atoms with Crippen molar-refractivity contribution in [3.8, 4) is 0 Å². The predicted molar refractivity (Wildman–Crippen MR) is 143 cm³/mol. The zero-order valence-electron chi connectivity index (χ0n) is 20.1. The van der Waals surface area contributed by atoms with Gasteiger partial charge in [-0.3, -0.25) is 14.5 Å². The number of aromatic nitrogens is 1. The Morgan fingerprint density at radius 3 is 2.36 bits per heavy atom. The van der Waals surface area contributed by atoms with E-state index in [1.165, 1.54) is 0 Å². The highest BCUT2D eigenvalue weighted by atomic mass is 32.2. The van der Waals surface area contributed by atoms with Crippen molar-refractivity contribution in [2.75, 3.05) is 35.8 Å². The molecule has 184 valence electrons. The Hall–Kier alpha value is -3.91. The molecule has 1 aromatic heterocycles. The second-order valence-corrected chi connectivity index (χ2v) is 10.6. The van der Waals surface area contributed by atoms with Gasteiger partial charge in [-0.1, -0.05) is 42.5 Å². The number of hydrogen-bond donors (Lipinski definition) is 1.